The van der Waals surface area contributed by atoms with Crippen molar-refractivity contribution < 1.29 is 4.79 Å². The van der Waals surface area contributed by atoms with Crippen molar-refractivity contribution >= 4 is 22.2 Å². The molecule has 2 heterocycles. The molecule has 0 unspecified atom stereocenters. The van der Waals surface area contributed by atoms with Gasteiger partial charge in [-0.25, -0.2) is 0 Å². The highest BCUT2D eigenvalue weighted by Crippen LogP contribution is 2.39. The molecule has 24 heavy (non-hydrogen) atoms. The molecule has 1 aliphatic carbocycles. The van der Waals surface area contributed by atoms with Gasteiger partial charge in [-0.15, -0.1) is 11.3 Å². The van der Waals surface area contributed by atoms with E-state index in [1.807, 2.05) is 0 Å². The summed E-state index contributed by atoms with van der Waals surface area (Å²) in [6.45, 7) is 9.84. The third-order valence-corrected chi connectivity index (χ3v) is 6.33. The number of hydrogen-bond acceptors (Lipinski definition) is 5. The zero-order valence-corrected chi connectivity index (χ0v) is 15.4. The van der Waals surface area contributed by atoms with Gasteiger partial charge in [0, 0.05) is 31.1 Å². The zero-order chi connectivity index (χ0) is 17.1. The number of carbonyl (C=O) groups excluding carboxylic acids is 1. The van der Waals surface area contributed by atoms with Crippen LogP contribution >= 0.6 is 11.3 Å². The summed E-state index contributed by atoms with van der Waals surface area (Å²) in [5.41, 5.74) is 1.87. The molecule has 0 aromatic carbocycles. The molecule has 1 aromatic heterocycles. The molecule has 0 radical (unpaired) electrons. The van der Waals surface area contributed by atoms with Gasteiger partial charge in [0.2, 0.25) is 5.91 Å². The van der Waals surface area contributed by atoms with Crippen molar-refractivity contribution in [3.05, 3.63) is 16.0 Å². The molecule has 0 bridgehead atoms. The van der Waals surface area contributed by atoms with Crippen LogP contribution in [0.2, 0.25) is 0 Å². The fraction of sp³-hybridized carbons (Fsp3) is 0.667. The molecular formula is C18H26N4OS. The van der Waals surface area contributed by atoms with Crippen LogP contribution in [-0.4, -0.2) is 55.0 Å². The minimum absolute atomic E-state index is 0.00286. The molecule has 3 rings (SSSR count). The minimum Gasteiger partial charge on any atom is -0.315 e. The van der Waals surface area contributed by atoms with E-state index >= 15 is 0 Å². The molecule has 0 saturated carbocycles. The number of rotatable bonds is 4. The highest BCUT2D eigenvalue weighted by molar-refractivity contribution is 7.16. The average Bonchev–Trinajstić information content (AvgIpc) is 2.91. The number of hydrogen-bond donors (Lipinski definition) is 1. The third kappa shape index (κ3) is 3.80. The molecule has 1 aromatic rings. The second-order valence-electron chi connectivity index (χ2n) is 6.93. The van der Waals surface area contributed by atoms with E-state index in [1.54, 1.807) is 11.3 Å². The number of piperazine rings is 1. The van der Waals surface area contributed by atoms with E-state index in [0.29, 0.717) is 18.0 Å². The fourth-order valence-corrected chi connectivity index (χ4v) is 4.97. The summed E-state index contributed by atoms with van der Waals surface area (Å²) in [7, 11) is 0. The first kappa shape index (κ1) is 17.4. The second kappa shape index (κ2) is 7.64. The van der Waals surface area contributed by atoms with Gasteiger partial charge in [-0.3, -0.25) is 9.69 Å². The Morgan fingerprint density at radius 2 is 2.04 bits per heavy atom. The molecule has 1 aliphatic heterocycles. The van der Waals surface area contributed by atoms with Gasteiger partial charge < -0.3 is 10.2 Å². The number of carbonyl (C=O) groups is 1. The number of nitrogens with one attached hydrogen (secondary N) is 1. The van der Waals surface area contributed by atoms with Crippen LogP contribution in [0.4, 0.5) is 5.00 Å². The molecule has 6 heteroatoms. The topological polar surface area (TPSA) is 59.4 Å². The van der Waals surface area contributed by atoms with Crippen molar-refractivity contribution in [2.24, 2.45) is 5.92 Å². The maximum absolute atomic E-state index is 12.4. The standard InChI is InChI=1S/C18H26N4OS/c1-3-21-6-8-22(9-7-21)12-17(23)20-18-15(11-19)14-5-4-13(2)10-16(14)24-18/h13H,3-10,12H2,1-2H3,(H,20,23)/t13-/m1/s1. The number of nitrogens with zero attached hydrogens (tertiary/aromatic N) is 3. The van der Waals surface area contributed by atoms with Gasteiger partial charge in [0.15, 0.2) is 0 Å². The Labute approximate surface area is 148 Å². The lowest BCUT2D eigenvalue weighted by molar-refractivity contribution is -0.117. The molecule has 1 atom stereocenters. The van der Waals surface area contributed by atoms with Crippen LogP contribution in [0.15, 0.2) is 0 Å². The summed E-state index contributed by atoms with van der Waals surface area (Å²) in [5.74, 6) is 0.671. The van der Waals surface area contributed by atoms with Crippen molar-refractivity contribution in [3.63, 3.8) is 0 Å². The quantitative estimate of drug-likeness (QED) is 0.909. The van der Waals surface area contributed by atoms with E-state index in [9.17, 15) is 10.1 Å². The van der Waals surface area contributed by atoms with E-state index in [0.717, 1.165) is 57.0 Å². The third-order valence-electron chi connectivity index (χ3n) is 5.16. The van der Waals surface area contributed by atoms with E-state index < -0.39 is 0 Å². The van der Waals surface area contributed by atoms with Gasteiger partial charge >= 0.3 is 0 Å². The molecule has 5 nitrogen and oxygen atoms in total. The maximum atomic E-state index is 12.4. The van der Waals surface area contributed by atoms with Crippen molar-refractivity contribution in [2.45, 2.75) is 33.1 Å². The molecular weight excluding hydrogens is 320 g/mol. The lowest BCUT2D eigenvalue weighted by atomic mass is 9.89. The summed E-state index contributed by atoms with van der Waals surface area (Å²) in [4.78, 5) is 18.3. The van der Waals surface area contributed by atoms with Crippen LogP contribution in [0, 0.1) is 17.2 Å². The summed E-state index contributed by atoms with van der Waals surface area (Å²) in [5, 5.41) is 13.3. The normalized spacial score (nSPS) is 22.0. The van der Waals surface area contributed by atoms with E-state index in [4.69, 9.17) is 0 Å². The highest BCUT2D eigenvalue weighted by atomic mass is 32.1. The van der Waals surface area contributed by atoms with Gasteiger partial charge in [0.25, 0.3) is 0 Å². The Balaban J connectivity index is 1.62. The molecule has 0 spiro atoms. The van der Waals surface area contributed by atoms with Crippen LogP contribution in [0.3, 0.4) is 0 Å². The van der Waals surface area contributed by atoms with Crippen molar-refractivity contribution in [3.8, 4) is 6.07 Å². The van der Waals surface area contributed by atoms with Crippen LogP contribution < -0.4 is 5.32 Å². The monoisotopic (exact) mass is 346 g/mol. The average molecular weight is 347 g/mol. The number of fused-ring (bicyclic) bond motifs is 1. The summed E-state index contributed by atoms with van der Waals surface area (Å²) in [6, 6.07) is 2.32. The zero-order valence-electron chi connectivity index (χ0n) is 14.6. The number of likely N-dealkylation sites (N-methyl/N-ethyl adjacent to an activating group) is 1. The smallest absolute Gasteiger partial charge is 0.239 e. The minimum atomic E-state index is 0.00286. The van der Waals surface area contributed by atoms with Crippen LogP contribution in [0.1, 0.15) is 36.3 Å². The van der Waals surface area contributed by atoms with Gasteiger partial charge in [0.1, 0.15) is 11.1 Å². The number of amides is 1. The molecule has 1 saturated heterocycles. The van der Waals surface area contributed by atoms with Gasteiger partial charge in [-0.05, 0) is 37.3 Å². The van der Waals surface area contributed by atoms with Gasteiger partial charge in [-0.1, -0.05) is 13.8 Å². The van der Waals surface area contributed by atoms with Crippen LogP contribution in [0.25, 0.3) is 0 Å². The van der Waals surface area contributed by atoms with Crippen molar-refractivity contribution in [2.75, 3.05) is 44.6 Å². The maximum Gasteiger partial charge on any atom is 0.239 e. The lowest BCUT2D eigenvalue weighted by Crippen LogP contribution is -2.48. The van der Waals surface area contributed by atoms with Crippen molar-refractivity contribution in [1.29, 1.82) is 5.26 Å². The van der Waals surface area contributed by atoms with E-state index in [2.05, 4.69) is 35.0 Å². The van der Waals surface area contributed by atoms with Crippen LogP contribution in [0.5, 0.6) is 0 Å². The van der Waals surface area contributed by atoms with Gasteiger partial charge in [0.05, 0.1) is 12.1 Å². The SMILES string of the molecule is CCN1CCN(CC(=O)Nc2sc3c(c2C#N)CC[C@@H](C)C3)CC1. The van der Waals surface area contributed by atoms with E-state index in [1.165, 1.54) is 10.4 Å². The Hall–Kier alpha value is -1.42. The van der Waals surface area contributed by atoms with Crippen molar-refractivity contribution in [1.82, 2.24) is 9.80 Å². The number of anilines is 1. The predicted octanol–water partition coefficient (Wildman–Crippen LogP) is 2.32. The van der Waals surface area contributed by atoms with E-state index in [-0.39, 0.29) is 5.91 Å². The molecule has 2 aliphatic rings. The first-order valence-corrected chi connectivity index (χ1v) is 9.71. The number of thiophene rings is 1. The highest BCUT2D eigenvalue weighted by Gasteiger charge is 2.25. The largest absolute Gasteiger partial charge is 0.315 e. The predicted molar refractivity (Wildman–Crippen MR) is 97.4 cm³/mol. The molecule has 1 fully saturated rings. The molecule has 130 valence electrons. The van der Waals surface area contributed by atoms with Crippen LogP contribution in [-0.2, 0) is 17.6 Å². The second-order valence-corrected chi connectivity index (χ2v) is 8.03. The molecule has 1 N–H and O–H groups in total. The first-order valence-electron chi connectivity index (χ1n) is 8.89. The Morgan fingerprint density at radius 3 is 2.71 bits per heavy atom. The molecule has 1 amide bonds. The Morgan fingerprint density at radius 1 is 1.33 bits per heavy atom. The van der Waals surface area contributed by atoms with Gasteiger partial charge in [-0.2, -0.15) is 5.26 Å². The Bertz CT molecular complexity index is 640. The summed E-state index contributed by atoms with van der Waals surface area (Å²) < 4.78 is 0. The lowest BCUT2D eigenvalue weighted by Gasteiger charge is -2.33. The first-order chi connectivity index (χ1) is 11.6. The fourth-order valence-electron chi connectivity index (χ4n) is 3.59. The summed E-state index contributed by atoms with van der Waals surface area (Å²) >= 11 is 1.60. The Kier molecular flexibility index (Phi) is 5.54. The number of nitriles is 1. The summed E-state index contributed by atoms with van der Waals surface area (Å²) in [6.07, 6.45) is 3.13.